The zero-order chi connectivity index (χ0) is 14.3. The molecule has 1 rings (SSSR count). The first kappa shape index (κ1) is 15.8. The minimum Gasteiger partial charge on any atom is -0.465 e. The van der Waals surface area contributed by atoms with E-state index >= 15 is 0 Å². The Labute approximate surface area is 116 Å². The fraction of sp³-hybridized carbons (Fsp3) is 0.538. The lowest BCUT2D eigenvalue weighted by Gasteiger charge is -2.09. The summed E-state index contributed by atoms with van der Waals surface area (Å²) in [6.07, 6.45) is 4.09. The van der Waals surface area contributed by atoms with Gasteiger partial charge in [-0.3, -0.25) is 9.19 Å². The molecule has 0 fully saturated rings. The smallest absolute Gasteiger partial charge is 0.339 e. The van der Waals surface area contributed by atoms with Crippen LogP contribution < -0.4 is 5.32 Å². The summed E-state index contributed by atoms with van der Waals surface area (Å²) in [4.78, 5) is 15.4. The Morgan fingerprint density at radius 3 is 2.79 bits per heavy atom. The number of rotatable bonds is 7. The van der Waals surface area contributed by atoms with Crippen molar-refractivity contribution in [3.05, 3.63) is 29.6 Å². The molecule has 6 heteroatoms. The van der Waals surface area contributed by atoms with Gasteiger partial charge in [0.1, 0.15) is 0 Å². The minimum absolute atomic E-state index is 0.196. The van der Waals surface area contributed by atoms with Crippen molar-refractivity contribution in [2.24, 2.45) is 0 Å². The molecule has 0 spiro atoms. The SMILES string of the molecule is COC(=O)c1ccc(CNCCC(C)S(C)=O)nc1. The molecular weight excluding hydrogens is 264 g/mol. The average molecular weight is 284 g/mol. The van der Waals surface area contributed by atoms with E-state index in [1.54, 1.807) is 18.4 Å². The lowest BCUT2D eigenvalue weighted by Crippen LogP contribution is -2.21. The normalized spacial score (nSPS) is 13.8. The van der Waals surface area contributed by atoms with E-state index in [-0.39, 0.29) is 11.2 Å². The second kappa shape index (κ2) is 8.01. The molecule has 0 aliphatic heterocycles. The van der Waals surface area contributed by atoms with Crippen molar-refractivity contribution < 1.29 is 13.7 Å². The molecule has 2 unspecified atom stereocenters. The number of hydrogen-bond acceptors (Lipinski definition) is 5. The van der Waals surface area contributed by atoms with Gasteiger partial charge in [-0.15, -0.1) is 0 Å². The molecule has 0 amide bonds. The van der Waals surface area contributed by atoms with Gasteiger partial charge in [-0.2, -0.15) is 0 Å². The highest BCUT2D eigenvalue weighted by molar-refractivity contribution is 7.84. The fourth-order valence-corrected chi connectivity index (χ4v) is 1.91. The van der Waals surface area contributed by atoms with Gasteiger partial charge in [0.05, 0.1) is 18.4 Å². The zero-order valence-electron chi connectivity index (χ0n) is 11.5. The van der Waals surface area contributed by atoms with E-state index in [0.717, 1.165) is 18.7 Å². The fourth-order valence-electron chi connectivity index (χ4n) is 1.46. The number of pyridine rings is 1. The van der Waals surface area contributed by atoms with Crippen LogP contribution in [0.5, 0.6) is 0 Å². The Hall–Kier alpha value is -1.27. The van der Waals surface area contributed by atoms with Gasteiger partial charge in [-0.1, -0.05) is 6.92 Å². The van der Waals surface area contributed by atoms with Gasteiger partial charge < -0.3 is 10.1 Å². The molecule has 1 heterocycles. The highest BCUT2D eigenvalue weighted by Gasteiger charge is 2.06. The van der Waals surface area contributed by atoms with Gasteiger partial charge in [0.2, 0.25) is 0 Å². The second-order valence-corrected chi connectivity index (χ2v) is 6.11. The molecule has 0 aliphatic carbocycles. The topological polar surface area (TPSA) is 68.3 Å². The van der Waals surface area contributed by atoms with Crippen LogP contribution in [0.25, 0.3) is 0 Å². The lowest BCUT2D eigenvalue weighted by molar-refractivity contribution is 0.0600. The highest BCUT2D eigenvalue weighted by atomic mass is 32.2. The average Bonchev–Trinajstić information content (AvgIpc) is 2.43. The second-order valence-electron chi connectivity index (χ2n) is 4.30. The Morgan fingerprint density at radius 1 is 1.53 bits per heavy atom. The molecule has 0 saturated heterocycles. The first-order valence-corrected chi connectivity index (χ1v) is 7.73. The largest absolute Gasteiger partial charge is 0.465 e. The van der Waals surface area contributed by atoms with E-state index < -0.39 is 10.8 Å². The molecule has 5 nitrogen and oxygen atoms in total. The number of ether oxygens (including phenoxy) is 1. The van der Waals surface area contributed by atoms with E-state index in [1.165, 1.54) is 13.3 Å². The van der Waals surface area contributed by atoms with E-state index in [4.69, 9.17) is 0 Å². The monoisotopic (exact) mass is 284 g/mol. The van der Waals surface area contributed by atoms with Crippen molar-refractivity contribution in [1.82, 2.24) is 10.3 Å². The first-order chi connectivity index (χ1) is 9.04. The molecule has 1 N–H and O–H groups in total. The van der Waals surface area contributed by atoms with Gasteiger partial charge in [0.25, 0.3) is 0 Å². The Balaban J connectivity index is 2.34. The lowest BCUT2D eigenvalue weighted by atomic mass is 10.2. The van der Waals surface area contributed by atoms with Crippen LogP contribution in [0.15, 0.2) is 18.3 Å². The molecule has 2 atom stereocenters. The maximum absolute atomic E-state index is 11.2. The van der Waals surface area contributed by atoms with Crippen molar-refractivity contribution >= 4 is 16.8 Å². The molecule has 19 heavy (non-hydrogen) atoms. The number of nitrogens with one attached hydrogen (secondary N) is 1. The third kappa shape index (κ3) is 5.48. The molecule has 0 saturated carbocycles. The number of hydrogen-bond donors (Lipinski definition) is 1. The summed E-state index contributed by atoms with van der Waals surface area (Å²) < 4.78 is 15.8. The number of nitrogens with zero attached hydrogens (tertiary/aromatic N) is 1. The predicted octanol–water partition coefficient (Wildman–Crippen LogP) is 1.11. The molecule has 0 bridgehead atoms. The molecule has 0 radical (unpaired) electrons. The quantitative estimate of drug-likeness (QED) is 0.600. The molecule has 0 aliphatic rings. The third-order valence-corrected chi connectivity index (χ3v) is 4.22. The van der Waals surface area contributed by atoms with Crippen LogP contribution in [0.3, 0.4) is 0 Å². The zero-order valence-corrected chi connectivity index (χ0v) is 12.3. The number of carbonyl (C=O) groups excluding carboxylic acids is 1. The van der Waals surface area contributed by atoms with Gasteiger partial charge in [0, 0.05) is 35.0 Å². The maximum Gasteiger partial charge on any atom is 0.339 e. The van der Waals surface area contributed by atoms with E-state index in [1.807, 2.05) is 6.92 Å². The van der Waals surface area contributed by atoms with Crippen molar-refractivity contribution in [3.63, 3.8) is 0 Å². The summed E-state index contributed by atoms with van der Waals surface area (Å²) >= 11 is 0. The molecule has 1 aromatic rings. The van der Waals surface area contributed by atoms with Crippen molar-refractivity contribution in [2.45, 2.75) is 25.1 Å². The summed E-state index contributed by atoms with van der Waals surface area (Å²) in [6, 6.07) is 3.49. The van der Waals surface area contributed by atoms with Crippen molar-refractivity contribution in [2.75, 3.05) is 19.9 Å². The third-order valence-electron chi connectivity index (χ3n) is 2.85. The minimum atomic E-state index is -0.775. The number of esters is 1. The van der Waals surface area contributed by atoms with Crippen molar-refractivity contribution in [3.8, 4) is 0 Å². The number of carbonyl (C=O) groups is 1. The standard InChI is InChI=1S/C13H20N2O3S/c1-10(19(3)17)6-7-14-9-12-5-4-11(8-15-12)13(16)18-2/h4-5,8,10,14H,6-7,9H2,1-3H3. The van der Waals surface area contributed by atoms with E-state index in [0.29, 0.717) is 12.1 Å². The summed E-state index contributed by atoms with van der Waals surface area (Å²) in [5.41, 5.74) is 1.30. The van der Waals surface area contributed by atoms with Gasteiger partial charge >= 0.3 is 5.97 Å². The van der Waals surface area contributed by atoms with Crippen LogP contribution in [0.1, 0.15) is 29.4 Å². The summed E-state index contributed by atoms with van der Waals surface area (Å²) in [5, 5.41) is 3.43. The van der Waals surface area contributed by atoms with E-state index in [2.05, 4.69) is 15.0 Å². The molecular formula is C13H20N2O3S. The Kier molecular flexibility index (Phi) is 6.66. The van der Waals surface area contributed by atoms with Crippen molar-refractivity contribution in [1.29, 1.82) is 0 Å². The van der Waals surface area contributed by atoms with Gasteiger partial charge in [-0.05, 0) is 25.1 Å². The summed E-state index contributed by atoms with van der Waals surface area (Å²) in [7, 11) is 0.569. The Bertz CT molecular complexity index is 434. The van der Waals surface area contributed by atoms with Crippen LogP contribution in [0.2, 0.25) is 0 Å². The molecule has 1 aromatic heterocycles. The number of aromatic nitrogens is 1. The van der Waals surface area contributed by atoms with Crippen LogP contribution in [0.4, 0.5) is 0 Å². The Morgan fingerprint density at radius 2 is 2.26 bits per heavy atom. The van der Waals surface area contributed by atoms with Gasteiger partial charge in [-0.25, -0.2) is 4.79 Å². The maximum atomic E-state index is 11.2. The molecule has 0 aromatic carbocycles. The number of methoxy groups -OCH3 is 1. The van der Waals surface area contributed by atoms with E-state index in [9.17, 15) is 9.00 Å². The summed E-state index contributed by atoms with van der Waals surface area (Å²) in [5.74, 6) is -0.383. The summed E-state index contributed by atoms with van der Waals surface area (Å²) in [6.45, 7) is 3.40. The first-order valence-electron chi connectivity index (χ1n) is 6.10. The predicted molar refractivity (Wildman–Crippen MR) is 75.4 cm³/mol. The van der Waals surface area contributed by atoms with Crippen LogP contribution in [-0.2, 0) is 22.1 Å². The van der Waals surface area contributed by atoms with Crippen LogP contribution in [0, 0.1) is 0 Å². The van der Waals surface area contributed by atoms with Crippen LogP contribution >= 0.6 is 0 Å². The molecule has 106 valence electrons. The highest BCUT2D eigenvalue weighted by Crippen LogP contribution is 2.02. The van der Waals surface area contributed by atoms with Crippen LogP contribution in [-0.4, -0.2) is 40.3 Å². The van der Waals surface area contributed by atoms with Gasteiger partial charge in [0.15, 0.2) is 0 Å².